The first-order valence-electron chi connectivity index (χ1n) is 9.39. The van der Waals surface area contributed by atoms with Crippen molar-refractivity contribution in [2.45, 2.75) is 52.1 Å². The van der Waals surface area contributed by atoms with Crippen LogP contribution in [0, 0.1) is 11.8 Å². The van der Waals surface area contributed by atoms with Crippen LogP contribution in [-0.4, -0.2) is 48.3 Å². The fourth-order valence-electron chi connectivity index (χ4n) is 3.56. The summed E-state index contributed by atoms with van der Waals surface area (Å²) in [6.45, 7) is 8.31. The van der Waals surface area contributed by atoms with E-state index >= 15 is 0 Å². The smallest absolute Gasteiger partial charge is 0.253 e. The Labute approximate surface area is 152 Å². The average molecular weight is 347 g/mol. The van der Waals surface area contributed by atoms with E-state index in [2.05, 4.69) is 6.92 Å². The lowest BCUT2D eigenvalue weighted by Crippen LogP contribution is -2.40. The molecule has 0 radical (unpaired) electrons. The van der Waals surface area contributed by atoms with Gasteiger partial charge in [-0.05, 0) is 69.1 Å². The molecule has 1 saturated heterocycles. The maximum absolute atomic E-state index is 12.8. The van der Waals surface area contributed by atoms with Crippen LogP contribution >= 0.6 is 0 Å². The topological polar surface area (TPSA) is 49.8 Å². The standard InChI is InChI=1S/C21H33NO3/c1-16(15-25-4)18-9-12-22(13-10-18)20(23)19-7-5-6-17(14-19)8-11-21(2,3)24/h5-7,14,16,18,24H,8-13,15H2,1-4H3. The molecule has 0 saturated carbocycles. The van der Waals surface area contributed by atoms with E-state index < -0.39 is 5.60 Å². The van der Waals surface area contributed by atoms with Gasteiger partial charge in [0.25, 0.3) is 5.91 Å². The molecular weight excluding hydrogens is 314 g/mol. The SMILES string of the molecule is COCC(C)C1CCN(C(=O)c2cccc(CCC(C)(C)O)c2)CC1. The minimum absolute atomic E-state index is 0.128. The van der Waals surface area contributed by atoms with Gasteiger partial charge in [-0.1, -0.05) is 19.1 Å². The first-order chi connectivity index (χ1) is 11.8. The minimum atomic E-state index is -0.680. The number of aryl methyl sites for hydroxylation is 1. The van der Waals surface area contributed by atoms with Crippen molar-refractivity contribution in [1.29, 1.82) is 0 Å². The molecule has 4 nitrogen and oxygen atoms in total. The number of likely N-dealkylation sites (tertiary alicyclic amines) is 1. The van der Waals surface area contributed by atoms with E-state index in [0.29, 0.717) is 18.3 Å². The molecule has 0 bridgehead atoms. The average Bonchev–Trinajstić information content (AvgIpc) is 2.59. The highest BCUT2D eigenvalue weighted by Crippen LogP contribution is 2.26. The number of ether oxygens (including phenoxy) is 1. The maximum atomic E-state index is 12.8. The van der Waals surface area contributed by atoms with E-state index in [1.165, 1.54) is 0 Å². The van der Waals surface area contributed by atoms with Crippen LogP contribution in [0.25, 0.3) is 0 Å². The molecule has 0 spiro atoms. The Kier molecular flexibility index (Phi) is 7.03. The van der Waals surface area contributed by atoms with Gasteiger partial charge < -0.3 is 14.7 Å². The van der Waals surface area contributed by atoms with E-state index in [4.69, 9.17) is 4.74 Å². The second-order valence-electron chi connectivity index (χ2n) is 8.08. The highest BCUT2D eigenvalue weighted by molar-refractivity contribution is 5.94. The molecule has 1 aromatic carbocycles. The fourth-order valence-corrected chi connectivity index (χ4v) is 3.56. The number of piperidine rings is 1. The second kappa shape index (κ2) is 8.81. The van der Waals surface area contributed by atoms with Crippen LogP contribution in [-0.2, 0) is 11.2 Å². The molecule has 1 atom stereocenters. The molecule has 0 aliphatic carbocycles. The zero-order chi connectivity index (χ0) is 18.4. The number of benzene rings is 1. The first-order valence-corrected chi connectivity index (χ1v) is 9.39. The Morgan fingerprint density at radius 1 is 1.36 bits per heavy atom. The van der Waals surface area contributed by atoms with Gasteiger partial charge in [0.1, 0.15) is 0 Å². The molecule has 1 aliphatic heterocycles. The van der Waals surface area contributed by atoms with Gasteiger partial charge in [0, 0.05) is 32.4 Å². The normalized spacial score (nSPS) is 17.6. The van der Waals surface area contributed by atoms with E-state index in [1.807, 2.05) is 43.0 Å². The number of carbonyl (C=O) groups is 1. The van der Waals surface area contributed by atoms with E-state index in [1.54, 1.807) is 7.11 Å². The van der Waals surface area contributed by atoms with Gasteiger partial charge in [-0.15, -0.1) is 0 Å². The lowest BCUT2D eigenvalue weighted by Gasteiger charge is -2.34. The summed E-state index contributed by atoms with van der Waals surface area (Å²) in [5.41, 5.74) is 1.19. The minimum Gasteiger partial charge on any atom is -0.390 e. The number of hydrogen-bond donors (Lipinski definition) is 1. The van der Waals surface area contributed by atoms with Crippen molar-refractivity contribution < 1.29 is 14.6 Å². The number of methoxy groups -OCH3 is 1. The Hall–Kier alpha value is -1.39. The molecule has 25 heavy (non-hydrogen) atoms. The molecule has 1 aliphatic rings. The van der Waals surface area contributed by atoms with Gasteiger partial charge in [-0.2, -0.15) is 0 Å². The monoisotopic (exact) mass is 347 g/mol. The number of amides is 1. The van der Waals surface area contributed by atoms with E-state index in [-0.39, 0.29) is 5.91 Å². The molecule has 1 unspecified atom stereocenters. The zero-order valence-corrected chi connectivity index (χ0v) is 16.1. The van der Waals surface area contributed by atoms with Gasteiger partial charge in [0.15, 0.2) is 0 Å². The van der Waals surface area contributed by atoms with Crippen molar-refractivity contribution in [2.75, 3.05) is 26.8 Å². The molecule has 1 amide bonds. The second-order valence-corrected chi connectivity index (χ2v) is 8.08. The molecule has 0 aromatic heterocycles. The van der Waals surface area contributed by atoms with Crippen LogP contribution in [0.4, 0.5) is 0 Å². The van der Waals surface area contributed by atoms with Gasteiger partial charge in [0.2, 0.25) is 0 Å². The third kappa shape index (κ3) is 6.12. The third-order valence-electron chi connectivity index (χ3n) is 5.26. The zero-order valence-electron chi connectivity index (χ0n) is 16.1. The van der Waals surface area contributed by atoms with Crippen LogP contribution < -0.4 is 0 Å². The quantitative estimate of drug-likeness (QED) is 0.821. The molecule has 1 fully saturated rings. The molecular formula is C21H33NO3. The van der Waals surface area contributed by atoms with Crippen LogP contribution in [0.1, 0.15) is 56.0 Å². The van der Waals surface area contributed by atoms with Crippen molar-refractivity contribution in [3.63, 3.8) is 0 Å². The molecule has 2 rings (SSSR count). The predicted molar refractivity (Wildman–Crippen MR) is 101 cm³/mol. The molecule has 4 heteroatoms. The lowest BCUT2D eigenvalue weighted by atomic mass is 9.85. The Morgan fingerprint density at radius 3 is 2.64 bits per heavy atom. The maximum Gasteiger partial charge on any atom is 0.253 e. The van der Waals surface area contributed by atoms with Gasteiger partial charge in [-0.25, -0.2) is 0 Å². The van der Waals surface area contributed by atoms with Gasteiger partial charge in [-0.3, -0.25) is 4.79 Å². The van der Waals surface area contributed by atoms with E-state index in [0.717, 1.165) is 50.1 Å². The first kappa shape index (κ1) is 19.9. The number of rotatable bonds is 7. The van der Waals surface area contributed by atoms with Crippen molar-refractivity contribution in [2.24, 2.45) is 11.8 Å². The molecule has 1 heterocycles. The summed E-state index contributed by atoms with van der Waals surface area (Å²) in [4.78, 5) is 14.8. The number of nitrogens with zero attached hydrogens (tertiary/aromatic N) is 1. The van der Waals surface area contributed by atoms with Crippen molar-refractivity contribution in [3.8, 4) is 0 Å². The van der Waals surface area contributed by atoms with Crippen LogP contribution in [0.3, 0.4) is 0 Å². The Balaban J connectivity index is 1.93. The summed E-state index contributed by atoms with van der Waals surface area (Å²) in [7, 11) is 1.75. The Bertz CT molecular complexity index is 557. The summed E-state index contributed by atoms with van der Waals surface area (Å²) in [6, 6.07) is 7.85. The van der Waals surface area contributed by atoms with Crippen LogP contribution in [0.2, 0.25) is 0 Å². The van der Waals surface area contributed by atoms with Gasteiger partial charge in [0.05, 0.1) is 5.60 Å². The van der Waals surface area contributed by atoms with Gasteiger partial charge >= 0.3 is 0 Å². The Morgan fingerprint density at radius 2 is 2.04 bits per heavy atom. The molecule has 1 aromatic rings. The summed E-state index contributed by atoms with van der Waals surface area (Å²) < 4.78 is 5.26. The number of aliphatic hydroxyl groups is 1. The summed E-state index contributed by atoms with van der Waals surface area (Å²) in [6.07, 6.45) is 3.57. The molecule has 140 valence electrons. The van der Waals surface area contributed by atoms with Crippen LogP contribution in [0.15, 0.2) is 24.3 Å². The highest BCUT2D eigenvalue weighted by atomic mass is 16.5. The van der Waals surface area contributed by atoms with Crippen molar-refractivity contribution in [3.05, 3.63) is 35.4 Å². The summed E-state index contributed by atoms with van der Waals surface area (Å²) in [5, 5.41) is 9.89. The lowest BCUT2D eigenvalue weighted by molar-refractivity contribution is 0.0598. The summed E-state index contributed by atoms with van der Waals surface area (Å²) >= 11 is 0. The van der Waals surface area contributed by atoms with Crippen LogP contribution in [0.5, 0.6) is 0 Å². The third-order valence-corrected chi connectivity index (χ3v) is 5.26. The molecule has 1 N–H and O–H groups in total. The van der Waals surface area contributed by atoms with Crippen molar-refractivity contribution >= 4 is 5.91 Å². The summed E-state index contributed by atoms with van der Waals surface area (Å²) in [5.74, 6) is 1.32. The van der Waals surface area contributed by atoms with Crippen molar-refractivity contribution in [1.82, 2.24) is 4.90 Å². The fraction of sp³-hybridized carbons (Fsp3) is 0.667. The predicted octanol–water partition coefficient (Wildman–Crippen LogP) is 3.52. The number of carbonyl (C=O) groups excluding carboxylic acids is 1. The highest BCUT2D eigenvalue weighted by Gasteiger charge is 2.27. The largest absolute Gasteiger partial charge is 0.390 e. The number of hydrogen-bond acceptors (Lipinski definition) is 3. The van der Waals surface area contributed by atoms with E-state index in [9.17, 15) is 9.90 Å².